The van der Waals surface area contributed by atoms with Gasteiger partial charge in [0.05, 0.1) is 6.42 Å². The number of carbonyl (C=O) groups is 3. The lowest BCUT2D eigenvalue weighted by molar-refractivity contribution is -0.158. The standard InChI is InChI=1S/C23H38O6Si/c1-9-30(10-2,11-3)29-23-15-17(24)16(14-19(25)27-21(4,5)6)12-13-18(23)22(7,8)28-20(23)26/h12,18H,9-11,13-15H2,1-8H3/t18-,23+/m0/s1. The molecule has 170 valence electrons. The van der Waals surface area contributed by atoms with E-state index in [9.17, 15) is 14.4 Å². The van der Waals surface area contributed by atoms with Crippen molar-refractivity contribution in [2.24, 2.45) is 5.92 Å². The molecular formula is C23H38O6Si. The average molecular weight is 439 g/mol. The second kappa shape index (κ2) is 8.58. The summed E-state index contributed by atoms with van der Waals surface area (Å²) >= 11 is 0. The Balaban J connectivity index is 2.40. The minimum Gasteiger partial charge on any atom is -0.460 e. The molecule has 0 saturated carbocycles. The van der Waals surface area contributed by atoms with Gasteiger partial charge in [0.2, 0.25) is 0 Å². The van der Waals surface area contributed by atoms with Gasteiger partial charge in [-0.05, 0) is 59.2 Å². The summed E-state index contributed by atoms with van der Waals surface area (Å²) in [6, 6.07) is 2.61. The van der Waals surface area contributed by atoms with E-state index >= 15 is 0 Å². The Morgan fingerprint density at radius 2 is 1.73 bits per heavy atom. The van der Waals surface area contributed by atoms with Crippen molar-refractivity contribution in [3.63, 3.8) is 0 Å². The summed E-state index contributed by atoms with van der Waals surface area (Å²) in [5.74, 6) is -1.39. The lowest BCUT2D eigenvalue weighted by Crippen LogP contribution is -2.55. The van der Waals surface area contributed by atoms with E-state index in [1.54, 1.807) is 26.8 Å². The number of esters is 2. The third-order valence-corrected chi connectivity index (χ3v) is 11.2. The Morgan fingerprint density at radius 1 is 1.17 bits per heavy atom. The molecule has 1 aliphatic carbocycles. The summed E-state index contributed by atoms with van der Waals surface area (Å²) in [5, 5.41) is 0. The number of hydrogen-bond donors (Lipinski definition) is 0. The van der Waals surface area contributed by atoms with Crippen molar-refractivity contribution in [2.75, 3.05) is 0 Å². The number of ketones is 1. The molecule has 0 amide bonds. The molecule has 2 aliphatic rings. The minimum atomic E-state index is -2.21. The molecule has 0 aromatic rings. The summed E-state index contributed by atoms with van der Waals surface area (Å²) in [4.78, 5) is 38.8. The van der Waals surface area contributed by atoms with Gasteiger partial charge in [0, 0.05) is 17.9 Å². The van der Waals surface area contributed by atoms with Gasteiger partial charge in [0.15, 0.2) is 19.7 Å². The normalized spacial score (nSPS) is 26.5. The molecule has 7 heteroatoms. The summed E-state index contributed by atoms with van der Waals surface area (Å²) in [7, 11) is -2.21. The molecule has 0 unspecified atom stereocenters. The fraction of sp³-hybridized carbons (Fsp3) is 0.783. The van der Waals surface area contributed by atoms with Crippen LogP contribution >= 0.6 is 0 Å². The summed E-state index contributed by atoms with van der Waals surface area (Å²) in [6.07, 6.45) is 2.07. The van der Waals surface area contributed by atoms with Crippen LogP contribution in [0.3, 0.4) is 0 Å². The summed E-state index contributed by atoms with van der Waals surface area (Å²) in [5.41, 5.74) is -2.24. The van der Waals surface area contributed by atoms with E-state index in [1.807, 2.05) is 13.8 Å². The van der Waals surface area contributed by atoms with Crippen molar-refractivity contribution >= 4 is 26.0 Å². The number of cyclic esters (lactones) is 1. The molecule has 2 atom stereocenters. The lowest BCUT2D eigenvalue weighted by Gasteiger charge is -2.41. The Bertz CT molecular complexity index is 720. The highest BCUT2D eigenvalue weighted by Gasteiger charge is 2.64. The number of ether oxygens (including phenoxy) is 2. The second-order valence-corrected chi connectivity index (χ2v) is 14.8. The van der Waals surface area contributed by atoms with Crippen LogP contribution in [0.1, 0.15) is 74.7 Å². The number of rotatable bonds is 7. The predicted molar refractivity (Wildman–Crippen MR) is 117 cm³/mol. The molecule has 1 fully saturated rings. The van der Waals surface area contributed by atoms with Gasteiger partial charge in [-0.3, -0.25) is 9.59 Å². The van der Waals surface area contributed by atoms with Gasteiger partial charge in [-0.2, -0.15) is 0 Å². The first kappa shape index (κ1) is 24.8. The smallest absolute Gasteiger partial charge is 0.338 e. The van der Waals surface area contributed by atoms with Gasteiger partial charge in [-0.25, -0.2) is 4.79 Å². The Labute approximate surface area is 181 Å². The Kier molecular flexibility index (Phi) is 7.09. The monoisotopic (exact) mass is 438 g/mol. The molecule has 2 rings (SSSR count). The van der Waals surface area contributed by atoms with Crippen LogP contribution in [-0.2, 0) is 28.3 Å². The molecule has 1 heterocycles. The topological polar surface area (TPSA) is 78.9 Å². The van der Waals surface area contributed by atoms with Gasteiger partial charge in [-0.15, -0.1) is 0 Å². The fourth-order valence-electron chi connectivity index (χ4n) is 4.70. The van der Waals surface area contributed by atoms with Gasteiger partial charge in [-0.1, -0.05) is 26.8 Å². The van der Waals surface area contributed by atoms with Gasteiger partial charge in [0.1, 0.15) is 11.2 Å². The molecule has 0 spiro atoms. The first-order valence-corrected chi connectivity index (χ1v) is 13.6. The van der Waals surface area contributed by atoms with E-state index < -0.39 is 37.1 Å². The highest BCUT2D eigenvalue weighted by atomic mass is 28.4. The van der Waals surface area contributed by atoms with Crippen LogP contribution in [-0.4, -0.2) is 42.8 Å². The molecule has 0 aromatic carbocycles. The van der Waals surface area contributed by atoms with Crippen molar-refractivity contribution in [1.82, 2.24) is 0 Å². The third kappa shape index (κ3) is 4.88. The Morgan fingerprint density at radius 3 is 2.23 bits per heavy atom. The van der Waals surface area contributed by atoms with Crippen molar-refractivity contribution in [3.8, 4) is 0 Å². The molecule has 1 saturated heterocycles. The van der Waals surface area contributed by atoms with Crippen LogP contribution in [0.5, 0.6) is 0 Å². The highest BCUT2D eigenvalue weighted by molar-refractivity contribution is 6.73. The van der Waals surface area contributed by atoms with Crippen molar-refractivity contribution in [3.05, 3.63) is 11.6 Å². The quantitative estimate of drug-likeness (QED) is 0.423. The molecule has 0 bridgehead atoms. The maximum Gasteiger partial charge on any atom is 0.338 e. The SMILES string of the molecule is CC[Si](CC)(CC)O[C@]12CC(=O)C(CC(=O)OC(C)(C)C)=CC[C@H]1C(C)(C)OC2=O. The van der Waals surface area contributed by atoms with E-state index in [0.717, 1.165) is 18.1 Å². The van der Waals surface area contributed by atoms with Gasteiger partial charge >= 0.3 is 11.9 Å². The molecule has 0 aromatic heterocycles. The van der Waals surface area contributed by atoms with E-state index in [0.29, 0.717) is 12.0 Å². The zero-order valence-corrected chi connectivity index (χ0v) is 20.8. The van der Waals surface area contributed by atoms with Crippen LogP contribution in [0.4, 0.5) is 0 Å². The predicted octanol–water partition coefficient (Wildman–Crippen LogP) is 4.72. The van der Waals surface area contributed by atoms with E-state index in [-0.39, 0.29) is 24.5 Å². The van der Waals surface area contributed by atoms with E-state index in [2.05, 4.69) is 20.8 Å². The maximum absolute atomic E-state index is 13.2. The number of Topliss-reactive ketones (excluding diaryl/α,β-unsaturated/α-hetero) is 1. The van der Waals surface area contributed by atoms with Crippen molar-refractivity contribution in [1.29, 1.82) is 0 Å². The highest BCUT2D eigenvalue weighted by Crippen LogP contribution is 2.50. The van der Waals surface area contributed by atoms with Crippen LogP contribution in [0, 0.1) is 5.92 Å². The molecule has 30 heavy (non-hydrogen) atoms. The first-order chi connectivity index (χ1) is 13.7. The lowest BCUT2D eigenvalue weighted by atomic mass is 9.76. The van der Waals surface area contributed by atoms with Crippen LogP contribution in [0.25, 0.3) is 0 Å². The minimum absolute atomic E-state index is 0.0800. The maximum atomic E-state index is 13.2. The van der Waals surface area contributed by atoms with E-state index in [4.69, 9.17) is 13.9 Å². The average Bonchev–Trinajstić information content (AvgIpc) is 2.71. The third-order valence-electron chi connectivity index (χ3n) is 6.57. The van der Waals surface area contributed by atoms with Crippen LogP contribution < -0.4 is 0 Å². The summed E-state index contributed by atoms with van der Waals surface area (Å²) < 4.78 is 17.9. The van der Waals surface area contributed by atoms with Crippen molar-refractivity contribution < 1.29 is 28.3 Å². The van der Waals surface area contributed by atoms with Gasteiger partial charge in [0.25, 0.3) is 0 Å². The summed E-state index contributed by atoms with van der Waals surface area (Å²) in [6.45, 7) is 15.4. The van der Waals surface area contributed by atoms with Gasteiger partial charge < -0.3 is 13.9 Å². The number of allylic oxidation sites excluding steroid dienone is 1. The number of carbonyl (C=O) groups excluding carboxylic acids is 3. The van der Waals surface area contributed by atoms with E-state index in [1.165, 1.54) is 0 Å². The second-order valence-electron chi connectivity index (χ2n) is 10.1. The Hall–Kier alpha value is -1.47. The van der Waals surface area contributed by atoms with Crippen molar-refractivity contribution in [2.45, 2.75) is 110 Å². The fourth-order valence-corrected chi connectivity index (χ4v) is 7.70. The largest absolute Gasteiger partial charge is 0.460 e. The zero-order valence-electron chi connectivity index (χ0n) is 19.8. The molecule has 0 N–H and O–H groups in total. The number of fused-ring (bicyclic) bond motifs is 1. The molecule has 6 nitrogen and oxygen atoms in total. The van der Waals surface area contributed by atoms with Crippen LogP contribution in [0.2, 0.25) is 18.1 Å². The first-order valence-electron chi connectivity index (χ1n) is 11.1. The zero-order chi connectivity index (χ0) is 23.0. The van der Waals surface area contributed by atoms with Crippen LogP contribution in [0.15, 0.2) is 11.6 Å². The molecule has 0 radical (unpaired) electrons. The molecular weight excluding hydrogens is 400 g/mol. The molecule has 1 aliphatic heterocycles. The number of hydrogen-bond acceptors (Lipinski definition) is 6.